The Morgan fingerprint density at radius 1 is 1.17 bits per heavy atom. The number of hydrogen-bond donors (Lipinski definition) is 1. The van der Waals surface area contributed by atoms with Crippen LogP contribution in [0.2, 0.25) is 5.02 Å². The Hall–Kier alpha value is -3.36. The molecule has 1 fully saturated rings. The summed E-state index contributed by atoms with van der Waals surface area (Å²) >= 11 is 6.03. The summed E-state index contributed by atoms with van der Waals surface area (Å²) in [5.41, 5.74) is 2.21. The standard InChI is InChI=1S/C27H31ClN2O6/c1-18(31)4-5-20-6-10-25(26(14-20)34-3)36-17-23-16-30(12-13-35-23)27(33)11-8-21-7-9-22(28)15-24(21)29-19(2)32/h6-11,14-15,23H,4-5,12-13,16-17H2,1-3H3,(H,29,32). The molecule has 192 valence electrons. The van der Waals surface area contributed by atoms with E-state index in [2.05, 4.69) is 5.32 Å². The van der Waals surface area contributed by atoms with Crippen LogP contribution in [0.4, 0.5) is 5.69 Å². The summed E-state index contributed by atoms with van der Waals surface area (Å²) in [4.78, 5) is 37.2. The minimum Gasteiger partial charge on any atom is -0.493 e. The lowest BCUT2D eigenvalue weighted by Gasteiger charge is -2.32. The molecule has 1 aliphatic rings. The summed E-state index contributed by atoms with van der Waals surface area (Å²) < 4.78 is 17.2. The fourth-order valence-corrected chi connectivity index (χ4v) is 3.92. The van der Waals surface area contributed by atoms with Crippen molar-refractivity contribution in [2.75, 3.05) is 38.7 Å². The van der Waals surface area contributed by atoms with Crippen LogP contribution in [0.3, 0.4) is 0 Å². The van der Waals surface area contributed by atoms with E-state index in [9.17, 15) is 14.4 Å². The molecule has 0 saturated carbocycles. The van der Waals surface area contributed by atoms with E-state index in [0.717, 1.165) is 5.56 Å². The van der Waals surface area contributed by atoms with Crippen LogP contribution in [0.5, 0.6) is 11.5 Å². The number of benzene rings is 2. The lowest BCUT2D eigenvalue weighted by Crippen LogP contribution is -2.47. The molecule has 1 unspecified atom stereocenters. The van der Waals surface area contributed by atoms with Crippen LogP contribution in [0.15, 0.2) is 42.5 Å². The molecule has 2 amide bonds. The lowest BCUT2D eigenvalue weighted by atomic mass is 10.1. The molecule has 0 aliphatic carbocycles. The molecule has 1 aliphatic heterocycles. The average molecular weight is 515 g/mol. The van der Waals surface area contributed by atoms with Crippen molar-refractivity contribution >= 4 is 41.0 Å². The highest BCUT2D eigenvalue weighted by atomic mass is 35.5. The van der Waals surface area contributed by atoms with Crippen LogP contribution in [0.25, 0.3) is 6.08 Å². The number of aryl methyl sites for hydroxylation is 1. The molecule has 0 aromatic heterocycles. The van der Waals surface area contributed by atoms with Crippen LogP contribution >= 0.6 is 11.6 Å². The number of ketones is 1. The first-order chi connectivity index (χ1) is 17.2. The van der Waals surface area contributed by atoms with E-state index in [-0.39, 0.29) is 30.3 Å². The van der Waals surface area contributed by atoms with E-state index in [1.807, 2.05) is 18.2 Å². The van der Waals surface area contributed by atoms with Gasteiger partial charge in [-0.3, -0.25) is 9.59 Å². The van der Waals surface area contributed by atoms with Gasteiger partial charge in [-0.1, -0.05) is 23.7 Å². The highest BCUT2D eigenvalue weighted by Gasteiger charge is 2.24. The van der Waals surface area contributed by atoms with E-state index in [1.54, 1.807) is 43.2 Å². The number of carbonyl (C=O) groups is 3. The lowest BCUT2D eigenvalue weighted by molar-refractivity contribution is -0.134. The Labute approximate surface area is 216 Å². The largest absolute Gasteiger partial charge is 0.493 e. The van der Waals surface area contributed by atoms with E-state index in [1.165, 1.54) is 13.0 Å². The minimum absolute atomic E-state index is 0.138. The molecular formula is C27H31ClN2O6. The Balaban J connectivity index is 1.58. The number of Topliss-reactive ketones (excluding diaryl/α,β-unsaturated/α-hetero) is 1. The van der Waals surface area contributed by atoms with Crippen molar-refractivity contribution in [1.29, 1.82) is 0 Å². The van der Waals surface area contributed by atoms with Crippen molar-refractivity contribution in [2.24, 2.45) is 0 Å². The van der Waals surface area contributed by atoms with Crippen LogP contribution in [0.1, 0.15) is 31.4 Å². The van der Waals surface area contributed by atoms with Gasteiger partial charge in [-0.25, -0.2) is 0 Å². The molecule has 2 aromatic carbocycles. The first-order valence-electron chi connectivity index (χ1n) is 11.7. The summed E-state index contributed by atoms with van der Waals surface area (Å²) in [6.45, 7) is 4.47. The van der Waals surface area contributed by atoms with Crippen LogP contribution in [-0.4, -0.2) is 62.0 Å². The van der Waals surface area contributed by atoms with Gasteiger partial charge in [0.25, 0.3) is 0 Å². The third-order valence-electron chi connectivity index (χ3n) is 5.60. The van der Waals surface area contributed by atoms with E-state index >= 15 is 0 Å². The monoisotopic (exact) mass is 514 g/mol. The van der Waals surface area contributed by atoms with Gasteiger partial charge in [0, 0.05) is 36.7 Å². The third-order valence-corrected chi connectivity index (χ3v) is 5.84. The van der Waals surface area contributed by atoms with Crippen molar-refractivity contribution in [3.63, 3.8) is 0 Å². The number of halogens is 1. The Morgan fingerprint density at radius 2 is 1.97 bits per heavy atom. The zero-order valence-electron chi connectivity index (χ0n) is 20.7. The van der Waals surface area contributed by atoms with Crippen LogP contribution in [-0.2, 0) is 25.5 Å². The minimum atomic E-state index is -0.302. The second-order valence-electron chi connectivity index (χ2n) is 8.52. The first-order valence-corrected chi connectivity index (χ1v) is 12.1. The van der Waals surface area contributed by atoms with Gasteiger partial charge in [-0.15, -0.1) is 0 Å². The molecule has 9 heteroatoms. The summed E-state index contributed by atoms with van der Waals surface area (Å²) in [5.74, 6) is 0.903. The fourth-order valence-electron chi connectivity index (χ4n) is 3.75. The average Bonchev–Trinajstić information content (AvgIpc) is 2.85. The number of methoxy groups -OCH3 is 1. The second-order valence-corrected chi connectivity index (χ2v) is 8.96. The number of hydrogen-bond acceptors (Lipinski definition) is 6. The zero-order chi connectivity index (χ0) is 26.1. The summed E-state index contributed by atoms with van der Waals surface area (Å²) in [6, 6.07) is 10.7. The zero-order valence-corrected chi connectivity index (χ0v) is 21.5. The van der Waals surface area contributed by atoms with Gasteiger partial charge in [0.2, 0.25) is 11.8 Å². The Bertz CT molecular complexity index is 1130. The molecule has 8 nitrogen and oxygen atoms in total. The Morgan fingerprint density at radius 3 is 2.69 bits per heavy atom. The van der Waals surface area contributed by atoms with Gasteiger partial charge in [-0.2, -0.15) is 0 Å². The van der Waals surface area contributed by atoms with Gasteiger partial charge in [-0.05, 0) is 54.8 Å². The molecule has 0 spiro atoms. The van der Waals surface area contributed by atoms with E-state index < -0.39 is 0 Å². The summed E-state index contributed by atoms with van der Waals surface area (Å²) in [7, 11) is 1.57. The molecule has 3 rings (SSSR count). The molecule has 2 aromatic rings. The number of ether oxygens (including phenoxy) is 3. The predicted octanol–water partition coefficient (Wildman–Crippen LogP) is 4.15. The van der Waals surface area contributed by atoms with E-state index in [0.29, 0.717) is 60.3 Å². The number of nitrogens with zero attached hydrogens (tertiary/aromatic N) is 1. The highest BCUT2D eigenvalue weighted by Crippen LogP contribution is 2.29. The quantitative estimate of drug-likeness (QED) is 0.479. The van der Waals surface area contributed by atoms with Gasteiger partial charge >= 0.3 is 0 Å². The van der Waals surface area contributed by atoms with Crippen molar-refractivity contribution in [3.05, 3.63) is 58.6 Å². The van der Waals surface area contributed by atoms with Crippen molar-refractivity contribution < 1.29 is 28.6 Å². The van der Waals surface area contributed by atoms with Crippen LogP contribution in [0, 0.1) is 0 Å². The number of anilines is 1. The molecule has 1 heterocycles. The first kappa shape index (κ1) is 27.2. The normalized spacial score (nSPS) is 15.6. The second kappa shape index (κ2) is 13.1. The number of carbonyl (C=O) groups excluding carboxylic acids is 3. The maximum absolute atomic E-state index is 12.8. The molecule has 1 saturated heterocycles. The third kappa shape index (κ3) is 8.10. The molecule has 0 bridgehead atoms. The maximum atomic E-state index is 12.8. The number of rotatable bonds is 10. The number of amides is 2. The molecule has 36 heavy (non-hydrogen) atoms. The molecule has 1 N–H and O–H groups in total. The van der Waals surface area contributed by atoms with Gasteiger partial charge in [0.1, 0.15) is 18.5 Å². The van der Waals surface area contributed by atoms with Crippen molar-refractivity contribution in [3.8, 4) is 11.5 Å². The van der Waals surface area contributed by atoms with Gasteiger partial charge < -0.3 is 29.2 Å². The molecular weight excluding hydrogens is 484 g/mol. The maximum Gasteiger partial charge on any atom is 0.246 e. The summed E-state index contributed by atoms with van der Waals surface area (Å²) in [5, 5.41) is 3.21. The predicted molar refractivity (Wildman–Crippen MR) is 139 cm³/mol. The molecule has 0 radical (unpaired) electrons. The summed E-state index contributed by atoms with van der Waals surface area (Å²) in [6.07, 6.45) is 3.95. The smallest absolute Gasteiger partial charge is 0.246 e. The Kier molecular flexibility index (Phi) is 9.90. The van der Waals surface area contributed by atoms with E-state index in [4.69, 9.17) is 25.8 Å². The van der Waals surface area contributed by atoms with Gasteiger partial charge in [0.05, 0.1) is 20.3 Å². The topological polar surface area (TPSA) is 94.2 Å². The van der Waals surface area contributed by atoms with Crippen molar-refractivity contribution in [2.45, 2.75) is 32.8 Å². The fraction of sp³-hybridized carbons (Fsp3) is 0.370. The van der Waals surface area contributed by atoms with Crippen LogP contribution < -0.4 is 14.8 Å². The SMILES string of the molecule is COc1cc(CCC(C)=O)ccc1OCC1CN(C(=O)C=Cc2ccc(Cl)cc2NC(C)=O)CCO1. The van der Waals surface area contributed by atoms with Crippen molar-refractivity contribution in [1.82, 2.24) is 4.90 Å². The molecule has 1 atom stereocenters. The number of nitrogens with one attached hydrogen (secondary N) is 1. The van der Waals surface area contributed by atoms with Gasteiger partial charge in [0.15, 0.2) is 11.5 Å². The highest BCUT2D eigenvalue weighted by molar-refractivity contribution is 6.31. The number of morpholine rings is 1.